The summed E-state index contributed by atoms with van der Waals surface area (Å²) in [5.74, 6) is -0.955. The normalized spacial score (nSPS) is 23.1. The number of hydrogen-bond acceptors (Lipinski definition) is 3. The fourth-order valence-corrected chi connectivity index (χ4v) is 2.16. The Morgan fingerprint density at radius 1 is 1.50 bits per heavy atom. The molecule has 0 bridgehead atoms. The fourth-order valence-electron chi connectivity index (χ4n) is 1.94. The summed E-state index contributed by atoms with van der Waals surface area (Å²) in [5, 5.41) is 15.4. The molecule has 1 amide bonds. The standard InChI is InChI=1S/C12H14ClFN2O2/c13-9-1-7(2-10(14)3-9)12(18)16-5-8-4-15-6-11(8)17/h1-3,8,11,15,17H,4-6H2,(H,16,18). The van der Waals surface area contributed by atoms with E-state index in [1.807, 2.05) is 0 Å². The van der Waals surface area contributed by atoms with Gasteiger partial charge in [0.15, 0.2) is 0 Å². The number of hydrogen-bond donors (Lipinski definition) is 3. The van der Waals surface area contributed by atoms with E-state index in [1.165, 1.54) is 6.07 Å². The fraction of sp³-hybridized carbons (Fsp3) is 0.417. The molecule has 0 aromatic heterocycles. The Bertz CT molecular complexity index is 435. The van der Waals surface area contributed by atoms with Crippen LogP contribution in [-0.2, 0) is 0 Å². The molecular weight excluding hydrogens is 259 g/mol. The summed E-state index contributed by atoms with van der Waals surface area (Å²) in [4.78, 5) is 11.8. The number of carbonyl (C=O) groups is 1. The molecule has 1 fully saturated rings. The van der Waals surface area contributed by atoms with Crippen molar-refractivity contribution in [2.75, 3.05) is 19.6 Å². The second-order valence-corrected chi connectivity index (χ2v) is 4.79. The van der Waals surface area contributed by atoms with Gasteiger partial charge in [0, 0.05) is 36.1 Å². The van der Waals surface area contributed by atoms with Crippen molar-refractivity contribution in [3.8, 4) is 0 Å². The van der Waals surface area contributed by atoms with Gasteiger partial charge in [-0.15, -0.1) is 0 Å². The molecule has 2 atom stereocenters. The molecular formula is C12H14ClFN2O2. The van der Waals surface area contributed by atoms with Crippen LogP contribution in [0.2, 0.25) is 5.02 Å². The summed E-state index contributed by atoms with van der Waals surface area (Å²) in [6.07, 6.45) is -0.457. The lowest BCUT2D eigenvalue weighted by atomic mass is 10.1. The number of aliphatic hydroxyl groups is 1. The van der Waals surface area contributed by atoms with E-state index >= 15 is 0 Å². The number of β-amino-alcohol motifs (C(OH)–C–C–N with tert-alkyl or cyclic N) is 1. The van der Waals surface area contributed by atoms with Crippen molar-refractivity contribution in [3.63, 3.8) is 0 Å². The van der Waals surface area contributed by atoms with Crippen molar-refractivity contribution < 1.29 is 14.3 Å². The second-order valence-electron chi connectivity index (χ2n) is 4.35. The zero-order valence-electron chi connectivity index (χ0n) is 9.62. The zero-order chi connectivity index (χ0) is 13.1. The highest BCUT2D eigenvalue weighted by Gasteiger charge is 2.25. The number of benzene rings is 1. The largest absolute Gasteiger partial charge is 0.391 e. The van der Waals surface area contributed by atoms with Gasteiger partial charge in [0.05, 0.1) is 6.10 Å². The van der Waals surface area contributed by atoms with Crippen LogP contribution in [0.4, 0.5) is 4.39 Å². The third kappa shape index (κ3) is 3.19. The summed E-state index contributed by atoms with van der Waals surface area (Å²) in [6.45, 7) is 1.54. The number of nitrogens with one attached hydrogen (secondary N) is 2. The number of carbonyl (C=O) groups excluding carboxylic acids is 1. The highest BCUT2D eigenvalue weighted by molar-refractivity contribution is 6.31. The summed E-state index contributed by atoms with van der Waals surface area (Å²) < 4.78 is 13.1. The number of halogens is 2. The van der Waals surface area contributed by atoms with Crippen LogP contribution in [0.5, 0.6) is 0 Å². The van der Waals surface area contributed by atoms with Crippen molar-refractivity contribution in [1.29, 1.82) is 0 Å². The van der Waals surface area contributed by atoms with Gasteiger partial charge in [-0.3, -0.25) is 4.79 Å². The summed E-state index contributed by atoms with van der Waals surface area (Å²) in [7, 11) is 0. The Morgan fingerprint density at radius 3 is 2.89 bits per heavy atom. The van der Waals surface area contributed by atoms with E-state index in [0.29, 0.717) is 19.6 Å². The molecule has 1 aliphatic heterocycles. The molecule has 3 N–H and O–H groups in total. The van der Waals surface area contributed by atoms with Gasteiger partial charge in [-0.05, 0) is 18.2 Å². The van der Waals surface area contributed by atoms with Crippen molar-refractivity contribution in [1.82, 2.24) is 10.6 Å². The summed E-state index contributed by atoms with van der Waals surface area (Å²) in [5.41, 5.74) is 0.181. The minimum atomic E-state index is -0.546. The Balaban J connectivity index is 1.95. The van der Waals surface area contributed by atoms with Gasteiger partial charge in [0.2, 0.25) is 0 Å². The molecule has 98 valence electrons. The maximum atomic E-state index is 13.1. The molecule has 4 nitrogen and oxygen atoms in total. The zero-order valence-corrected chi connectivity index (χ0v) is 10.4. The lowest BCUT2D eigenvalue weighted by Crippen LogP contribution is -2.34. The maximum Gasteiger partial charge on any atom is 0.251 e. The highest BCUT2D eigenvalue weighted by Crippen LogP contribution is 2.14. The number of rotatable bonds is 3. The van der Waals surface area contributed by atoms with Crippen molar-refractivity contribution in [2.24, 2.45) is 5.92 Å². The molecule has 0 radical (unpaired) electrons. The average molecular weight is 273 g/mol. The van der Waals surface area contributed by atoms with E-state index in [-0.39, 0.29) is 16.5 Å². The highest BCUT2D eigenvalue weighted by atomic mass is 35.5. The number of amides is 1. The van der Waals surface area contributed by atoms with Crippen LogP contribution in [0.3, 0.4) is 0 Å². The lowest BCUT2D eigenvalue weighted by Gasteiger charge is -2.14. The lowest BCUT2D eigenvalue weighted by molar-refractivity contribution is 0.0926. The first-order chi connectivity index (χ1) is 8.56. The molecule has 2 rings (SSSR count). The third-order valence-electron chi connectivity index (χ3n) is 2.95. The topological polar surface area (TPSA) is 61.4 Å². The summed E-state index contributed by atoms with van der Waals surface area (Å²) in [6, 6.07) is 3.68. The van der Waals surface area contributed by atoms with Crippen LogP contribution in [0.1, 0.15) is 10.4 Å². The predicted molar refractivity (Wildman–Crippen MR) is 66.1 cm³/mol. The van der Waals surface area contributed by atoms with E-state index < -0.39 is 17.8 Å². The van der Waals surface area contributed by atoms with Crippen LogP contribution in [-0.4, -0.2) is 36.8 Å². The predicted octanol–water partition coefficient (Wildman–Crippen LogP) is 0.789. The van der Waals surface area contributed by atoms with Gasteiger partial charge in [0.25, 0.3) is 5.91 Å². The molecule has 1 aromatic carbocycles. The van der Waals surface area contributed by atoms with Crippen molar-refractivity contribution in [2.45, 2.75) is 6.10 Å². The average Bonchev–Trinajstić information content (AvgIpc) is 2.70. The van der Waals surface area contributed by atoms with E-state index in [4.69, 9.17) is 11.6 Å². The van der Waals surface area contributed by atoms with E-state index in [2.05, 4.69) is 10.6 Å². The van der Waals surface area contributed by atoms with Gasteiger partial charge >= 0.3 is 0 Å². The van der Waals surface area contributed by atoms with Gasteiger partial charge in [0.1, 0.15) is 5.82 Å². The SMILES string of the molecule is O=C(NCC1CNCC1O)c1cc(F)cc(Cl)c1. The Morgan fingerprint density at radius 2 is 2.28 bits per heavy atom. The monoisotopic (exact) mass is 272 g/mol. The van der Waals surface area contributed by atoms with Crippen LogP contribution >= 0.6 is 11.6 Å². The first-order valence-corrected chi connectivity index (χ1v) is 6.07. The van der Waals surface area contributed by atoms with Crippen molar-refractivity contribution in [3.05, 3.63) is 34.6 Å². The molecule has 1 heterocycles. The van der Waals surface area contributed by atoms with Crippen LogP contribution in [0, 0.1) is 11.7 Å². The smallest absolute Gasteiger partial charge is 0.251 e. The van der Waals surface area contributed by atoms with Gasteiger partial charge in [-0.2, -0.15) is 0 Å². The minimum absolute atomic E-state index is 0.0158. The molecule has 18 heavy (non-hydrogen) atoms. The second kappa shape index (κ2) is 5.65. The Kier molecular flexibility index (Phi) is 4.16. The molecule has 0 spiro atoms. The van der Waals surface area contributed by atoms with Crippen LogP contribution in [0.25, 0.3) is 0 Å². The minimum Gasteiger partial charge on any atom is -0.391 e. The Labute approximate surface area is 109 Å². The summed E-state index contributed by atoms with van der Waals surface area (Å²) >= 11 is 5.67. The first kappa shape index (κ1) is 13.3. The van der Waals surface area contributed by atoms with Gasteiger partial charge in [-0.1, -0.05) is 11.6 Å². The van der Waals surface area contributed by atoms with E-state index in [9.17, 15) is 14.3 Å². The van der Waals surface area contributed by atoms with Crippen LogP contribution < -0.4 is 10.6 Å². The van der Waals surface area contributed by atoms with Gasteiger partial charge < -0.3 is 15.7 Å². The molecule has 1 saturated heterocycles. The van der Waals surface area contributed by atoms with Crippen molar-refractivity contribution >= 4 is 17.5 Å². The third-order valence-corrected chi connectivity index (χ3v) is 3.17. The van der Waals surface area contributed by atoms with E-state index in [1.54, 1.807) is 0 Å². The van der Waals surface area contributed by atoms with E-state index in [0.717, 1.165) is 12.1 Å². The molecule has 0 saturated carbocycles. The van der Waals surface area contributed by atoms with Crippen LogP contribution in [0.15, 0.2) is 18.2 Å². The Hall–Kier alpha value is -1.17. The molecule has 1 aromatic rings. The maximum absolute atomic E-state index is 13.1. The quantitative estimate of drug-likeness (QED) is 0.762. The van der Waals surface area contributed by atoms with Gasteiger partial charge in [-0.25, -0.2) is 4.39 Å². The molecule has 0 aliphatic carbocycles. The molecule has 2 unspecified atom stereocenters. The first-order valence-electron chi connectivity index (χ1n) is 5.69. The number of aliphatic hydroxyl groups excluding tert-OH is 1. The molecule has 1 aliphatic rings. The molecule has 6 heteroatoms.